The molecule has 0 aromatic heterocycles. The van der Waals surface area contributed by atoms with Crippen LogP contribution in [0.4, 0.5) is 0 Å². The second-order valence-electron chi connectivity index (χ2n) is 2.96. The van der Waals surface area contributed by atoms with Crippen molar-refractivity contribution in [3.05, 3.63) is 0 Å². The normalized spacial score (nSPS) is 20.4. The second kappa shape index (κ2) is 6.39. The first-order valence-electron chi connectivity index (χ1n) is 4.22. The molecule has 0 aliphatic carbocycles. The minimum absolute atomic E-state index is 0.377. The molecule has 0 spiro atoms. The van der Waals surface area contributed by atoms with Crippen molar-refractivity contribution in [2.75, 3.05) is 0 Å². The van der Waals surface area contributed by atoms with E-state index in [1.54, 1.807) is 0 Å². The van der Waals surface area contributed by atoms with Gasteiger partial charge in [-0.15, -0.1) is 0 Å². The molecule has 0 bridgehead atoms. The summed E-state index contributed by atoms with van der Waals surface area (Å²) in [6.45, 7) is 1.85. The van der Waals surface area contributed by atoms with Crippen molar-refractivity contribution in [3.8, 4) is 0 Å². The van der Waals surface area contributed by atoms with Gasteiger partial charge >= 0.3 is 0 Å². The highest BCUT2D eigenvalue weighted by Crippen LogP contribution is 2.08. The van der Waals surface area contributed by atoms with E-state index in [-0.39, 0.29) is 0 Å². The van der Waals surface area contributed by atoms with Crippen LogP contribution in [-0.2, 0) is 0 Å². The standard InChI is InChI=1S/C8H16O4S/c1-2-3-5(9)7(11)8(12)6(10)4-13/h4-12H,2-3H2,1H3/t5?,6-,7+,8-/m0/s1. The van der Waals surface area contributed by atoms with Gasteiger partial charge in [-0.25, -0.2) is 0 Å². The van der Waals surface area contributed by atoms with Gasteiger partial charge in [0.25, 0.3) is 0 Å². The summed E-state index contributed by atoms with van der Waals surface area (Å²) >= 11 is 4.39. The zero-order valence-electron chi connectivity index (χ0n) is 7.50. The highest BCUT2D eigenvalue weighted by Gasteiger charge is 2.28. The molecular weight excluding hydrogens is 192 g/mol. The molecule has 0 amide bonds. The fourth-order valence-electron chi connectivity index (χ4n) is 0.977. The molecule has 0 aliphatic rings. The van der Waals surface area contributed by atoms with Crippen LogP contribution in [0.2, 0.25) is 0 Å². The van der Waals surface area contributed by atoms with Crippen LogP contribution in [0.1, 0.15) is 19.8 Å². The lowest BCUT2D eigenvalue weighted by molar-refractivity contribution is -0.0892. The number of rotatable bonds is 6. The third-order valence-corrected chi connectivity index (χ3v) is 2.10. The Hall–Kier alpha value is -0.0700. The molecule has 78 valence electrons. The molecule has 0 aromatic rings. The minimum Gasteiger partial charge on any atom is -0.390 e. The van der Waals surface area contributed by atoms with Crippen molar-refractivity contribution in [1.82, 2.24) is 0 Å². The van der Waals surface area contributed by atoms with Crippen molar-refractivity contribution in [3.63, 3.8) is 0 Å². The minimum atomic E-state index is -1.42. The van der Waals surface area contributed by atoms with E-state index in [1.165, 1.54) is 0 Å². The van der Waals surface area contributed by atoms with Crippen molar-refractivity contribution < 1.29 is 20.4 Å². The fraction of sp³-hybridized carbons (Fsp3) is 0.875. The van der Waals surface area contributed by atoms with E-state index in [1.807, 2.05) is 6.92 Å². The van der Waals surface area contributed by atoms with Gasteiger partial charge in [0.05, 0.1) is 6.10 Å². The Labute approximate surface area is 82.8 Å². The van der Waals surface area contributed by atoms with E-state index in [0.717, 1.165) is 5.37 Å². The summed E-state index contributed by atoms with van der Waals surface area (Å²) < 4.78 is 0. The highest BCUT2D eigenvalue weighted by atomic mass is 32.1. The van der Waals surface area contributed by atoms with E-state index < -0.39 is 24.4 Å². The average Bonchev–Trinajstić information content (AvgIpc) is 2.14. The fourth-order valence-corrected chi connectivity index (χ4v) is 1.14. The van der Waals surface area contributed by atoms with Gasteiger partial charge in [-0.05, 0) is 6.42 Å². The van der Waals surface area contributed by atoms with Gasteiger partial charge in [-0.2, -0.15) is 0 Å². The van der Waals surface area contributed by atoms with Crippen molar-refractivity contribution >= 4 is 17.6 Å². The molecule has 4 nitrogen and oxygen atoms in total. The predicted octanol–water partition coefficient (Wildman–Crippen LogP) is -0.770. The van der Waals surface area contributed by atoms with E-state index in [4.69, 9.17) is 5.11 Å². The van der Waals surface area contributed by atoms with Crippen LogP contribution in [0.25, 0.3) is 0 Å². The van der Waals surface area contributed by atoms with E-state index in [2.05, 4.69) is 12.2 Å². The van der Waals surface area contributed by atoms with Crippen LogP contribution in [0.5, 0.6) is 0 Å². The summed E-state index contributed by atoms with van der Waals surface area (Å²) in [6, 6.07) is 0. The quantitative estimate of drug-likeness (QED) is 0.431. The number of aliphatic hydroxyl groups excluding tert-OH is 4. The van der Waals surface area contributed by atoms with E-state index in [9.17, 15) is 15.3 Å². The molecule has 0 saturated carbocycles. The highest BCUT2D eigenvalue weighted by molar-refractivity contribution is 7.79. The lowest BCUT2D eigenvalue weighted by atomic mass is 10.0. The van der Waals surface area contributed by atoms with Gasteiger partial charge in [-0.1, -0.05) is 25.6 Å². The van der Waals surface area contributed by atoms with Gasteiger partial charge in [0.2, 0.25) is 0 Å². The van der Waals surface area contributed by atoms with Crippen molar-refractivity contribution in [1.29, 1.82) is 0 Å². The first-order chi connectivity index (χ1) is 6.04. The van der Waals surface area contributed by atoms with Crippen LogP contribution < -0.4 is 0 Å². The molecule has 0 fully saturated rings. The largest absolute Gasteiger partial charge is 0.390 e. The zero-order chi connectivity index (χ0) is 10.4. The Balaban J connectivity index is 4.06. The van der Waals surface area contributed by atoms with Gasteiger partial charge in [0, 0.05) is 5.37 Å². The Morgan fingerprint density at radius 2 is 1.69 bits per heavy atom. The van der Waals surface area contributed by atoms with E-state index >= 15 is 0 Å². The van der Waals surface area contributed by atoms with Crippen molar-refractivity contribution in [2.45, 2.75) is 44.2 Å². The van der Waals surface area contributed by atoms with Crippen LogP contribution >= 0.6 is 12.2 Å². The number of hydrogen-bond acceptors (Lipinski definition) is 5. The van der Waals surface area contributed by atoms with Gasteiger partial charge in [-0.3, -0.25) is 0 Å². The summed E-state index contributed by atoms with van der Waals surface area (Å²) in [5.41, 5.74) is 0. The van der Waals surface area contributed by atoms with Crippen LogP contribution in [0, 0.1) is 0 Å². The summed E-state index contributed by atoms with van der Waals surface area (Å²) in [6.07, 6.45) is -4.00. The maximum Gasteiger partial charge on any atom is 0.113 e. The first-order valence-corrected chi connectivity index (χ1v) is 4.69. The summed E-state index contributed by atoms with van der Waals surface area (Å²) in [5.74, 6) is 0. The number of aliphatic hydroxyl groups is 4. The van der Waals surface area contributed by atoms with Gasteiger partial charge in [0.1, 0.15) is 18.3 Å². The third kappa shape index (κ3) is 4.10. The van der Waals surface area contributed by atoms with Gasteiger partial charge < -0.3 is 20.4 Å². The lowest BCUT2D eigenvalue weighted by Crippen LogP contribution is -2.44. The van der Waals surface area contributed by atoms with Gasteiger partial charge in [0.15, 0.2) is 0 Å². The first kappa shape index (κ1) is 12.9. The maximum absolute atomic E-state index is 9.29. The Bertz CT molecular complexity index is 153. The smallest absolute Gasteiger partial charge is 0.113 e. The Kier molecular flexibility index (Phi) is 6.36. The molecule has 13 heavy (non-hydrogen) atoms. The summed E-state index contributed by atoms with van der Waals surface area (Å²) in [4.78, 5) is 0. The second-order valence-corrected chi connectivity index (χ2v) is 3.24. The SMILES string of the molecule is CCCC(O)[C@@H](O)[C@@H](O)[C@@H](O)C=S. The third-order valence-electron chi connectivity index (χ3n) is 1.82. The number of hydrogen-bond donors (Lipinski definition) is 4. The predicted molar refractivity (Wildman–Crippen MR) is 52.6 cm³/mol. The van der Waals surface area contributed by atoms with Crippen molar-refractivity contribution in [2.24, 2.45) is 0 Å². The monoisotopic (exact) mass is 208 g/mol. The molecule has 0 heterocycles. The molecule has 1 unspecified atom stereocenters. The molecule has 0 saturated heterocycles. The van der Waals surface area contributed by atoms with E-state index in [0.29, 0.717) is 12.8 Å². The zero-order valence-corrected chi connectivity index (χ0v) is 8.31. The van der Waals surface area contributed by atoms with Crippen LogP contribution in [-0.4, -0.2) is 50.2 Å². The molecule has 0 radical (unpaired) electrons. The van der Waals surface area contributed by atoms with Crippen LogP contribution in [0.15, 0.2) is 0 Å². The summed E-state index contributed by atoms with van der Waals surface area (Å²) in [5, 5.41) is 37.8. The average molecular weight is 208 g/mol. The summed E-state index contributed by atoms with van der Waals surface area (Å²) in [7, 11) is 0. The molecule has 0 rings (SSSR count). The molecular formula is C8H16O4S. The molecule has 0 aliphatic heterocycles. The molecule has 4 atom stereocenters. The maximum atomic E-state index is 9.29. The number of thiocarbonyl (C=S) groups is 1. The topological polar surface area (TPSA) is 80.9 Å². The molecule has 5 heteroatoms. The molecule has 4 N–H and O–H groups in total. The molecule has 0 aromatic carbocycles. The van der Waals surface area contributed by atoms with Crippen LogP contribution in [0.3, 0.4) is 0 Å². The Morgan fingerprint density at radius 1 is 1.15 bits per heavy atom. The lowest BCUT2D eigenvalue weighted by Gasteiger charge is -2.24. The Morgan fingerprint density at radius 3 is 2.08 bits per heavy atom.